The van der Waals surface area contributed by atoms with Crippen LogP contribution < -0.4 is 0 Å². The minimum absolute atomic E-state index is 0.162. The molecule has 0 aliphatic heterocycles. The van der Waals surface area contributed by atoms with Crippen molar-refractivity contribution in [2.45, 2.75) is 25.2 Å². The molecule has 0 aromatic heterocycles. The Hall–Kier alpha value is -0.670. The fourth-order valence-electron chi connectivity index (χ4n) is 1.12. The van der Waals surface area contributed by atoms with Crippen molar-refractivity contribution in [2.24, 2.45) is 5.92 Å². The molecule has 1 aromatic carbocycles. The average molecular weight is 259 g/mol. The van der Waals surface area contributed by atoms with Crippen molar-refractivity contribution in [3.63, 3.8) is 0 Å². The number of rotatable bonds is 5. The van der Waals surface area contributed by atoms with Gasteiger partial charge in [0.05, 0.1) is 10.6 Å². The molecule has 1 rings (SSSR count). The maximum absolute atomic E-state index is 10.8. The third kappa shape index (κ3) is 3.72. The van der Waals surface area contributed by atoms with E-state index in [9.17, 15) is 4.79 Å². The van der Waals surface area contributed by atoms with Gasteiger partial charge in [0.1, 0.15) is 0 Å². The number of benzene rings is 1. The highest BCUT2D eigenvalue weighted by molar-refractivity contribution is 7.99. The lowest BCUT2D eigenvalue weighted by atomic mass is 10.2. The van der Waals surface area contributed by atoms with Gasteiger partial charge in [0.25, 0.3) is 0 Å². The predicted molar refractivity (Wildman–Crippen MR) is 68.6 cm³/mol. The molecule has 1 unspecified atom stereocenters. The summed E-state index contributed by atoms with van der Waals surface area (Å²) in [5.74, 6) is 0.700. The van der Waals surface area contributed by atoms with Crippen LogP contribution in [-0.4, -0.2) is 16.8 Å². The zero-order valence-electron chi connectivity index (χ0n) is 9.37. The second-order valence-corrected chi connectivity index (χ2v) is 5.27. The van der Waals surface area contributed by atoms with Crippen LogP contribution in [0.15, 0.2) is 23.1 Å². The lowest BCUT2D eigenvalue weighted by Gasteiger charge is -2.08. The average Bonchev–Trinajstić information content (AvgIpc) is 2.25. The van der Waals surface area contributed by atoms with Gasteiger partial charge in [-0.2, -0.15) is 0 Å². The van der Waals surface area contributed by atoms with Gasteiger partial charge in [-0.15, -0.1) is 11.8 Å². The quantitative estimate of drug-likeness (QED) is 0.805. The summed E-state index contributed by atoms with van der Waals surface area (Å²) in [5, 5.41) is 9.13. The van der Waals surface area contributed by atoms with E-state index in [1.165, 1.54) is 0 Å². The normalized spacial score (nSPS) is 12.4. The largest absolute Gasteiger partial charge is 0.478 e. The summed E-state index contributed by atoms with van der Waals surface area (Å²) in [6, 6.07) is 5.09. The van der Waals surface area contributed by atoms with Crippen LogP contribution in [0.5, 0.6) is 0 Å². The Morgan fingerprint density at radius 3 is 2.75 bits per heavy atom. The van der Waals surface area contributed by atoms with Crippen LogP contribution in [0, 0.1) is 5.92 Å². The van der Waals surface area contributed by atoms with Crippen molar-refractivity contribution in [1.29, 1.82) is 0 Å². The summed E-state index contributed by atoms with van der Waals surface area (Å²) in [6.45, 7) is 4.35. The van der Waals surface area contributed by atoms with Crippen LogP contribution in [-0.2, 0) is 0 Å². The van der Waals surface area contributed by atoms with E-state index in [0.29, 0.717) is 10.9 Å². The van der Waals surface area contributed by atoms with Gasteiger partial charge in [-0.1, -0.05) is 31.9 Å². The summed E-state index contributed by atoms with van der Waals surface area (Å²) in [7, 11) is 0. The van der Waals surface area contributed by atoms with E-state index in [1.54, 1.807) is 23.9 Å². The van der Waals surface area contributed by atoms with Gasteiger partial charge in [0, 0.05) is 10.6 Å². The topological polar surface area (TPSA) is 37.3 Å². The molecular formula is C12H15ClO2S. The molecule has 0 bridgehead atoms. The SMILES string of the molecule is CCC(C)CSc1ccc(C(=O)O)c(Cl)c1. The van der Waals surface area contributed by atoms with Crippen LogP contribution in [0.3, 0.4) is 0 Å². The van der Waals surface area contributed by atoms with E-state index in [4.69, 9.17) is 16.7 Å². The maximum Gasteiger partial charge on any atom is 0.337 e. The molecule has 0 saturated heterocycles. The number of carboxylic acids is 1. The van der Waals surface area contributed by atoms with E-state index < -0.39 is 5.97 Å². The smallest absolute Gasteiger partial charge is 0.337 e. The second kappa shape index (κ2) is 6.16. The molecule has 0 fully saturated rings. The van der Waals surface area contributed by atoms with E-state index in [0.717, 1.165) is 17.1 Å². The molecule has 0 spiro atoms. The van der Waals surface area contributed by atoms with Gasteiger partial charge in [-0.05, 0) is 24.1 Å². The van der Waals surface area contributed by atoms with Gasteiger partial charge in [-0.3, -0.25) is 0 Å². The zero-order valence-corrected chi connectivity index (χ0v) is 10.9. The lowest BCUT2D eigenvalue weighted by molar-refractivity contribution is 0.0697. The first-order valence-electron chi connectivity index (χ1n) is 5.20. The molecule has 0 aliphatic carbocycles. The summed E-state index contributed by atoms with van der Waals surface area (Å²) in [5.41, 5.74) is 0.162. The highest BCUT2D eigenvalue weighted by Crippen LogP contribution is 2.26. The molecule has 1 atom stereocenters. The predicted octanol–water partition coefficient (Wildman–Crippen LogP) is 4.18. The van der Waals surface area contributed by atoms with E-state index in [-0.39, 0.29) is 5.56 Å². The Labute approximate surface area is 105 Å². The van der Waals surface area contributed by atoms with Crippen LogP contribution in [0.1, 0.15) is 30.6 Å². The molecule has 1 aromatic rings. The molecule has 88 valence electrons. The maximum atomic E-state index is 10.8. The van der Waals surface area contributed by atoms with Crippen molar-refractivity contribution < 1.29 is 9.90 Å². The second-order valence-electron chi connectivity index (χ2n) is 3.77. The van der Waals surface area contributed by atoms with Gasteiger partial charge >= 0.3 is 5.97 Å². The molecule has 0 heterocycles. The Balaban J connectivity index is 2.70. The number of halogens is 1. The number of carboxylic acid groups (broad SMARTS) is 1. The van der Waals surface area contributed by atoms with Crippen LogP contribution >= 0.6 is 23.4 Å². The lowest BCUT2D eigenvalue weighted by Crippen LogP contribution is -1.98. The van der Waals surface area contributed by atoms with Crippen molar-refractivity contribution in [3.8, 4) is 0 Å². The van der Waals surface area contributed by atoms with Gasteiger partial charge < -0.3 is 5.11 Å². The van der Waals surface area contributed by atoms with Gasteiger partial charge in [0.2, 0.25) is 0 Å². The van der Waals surface area contributed by atoms with Crippen LogP contribution in [0.25, 0.3) is 0 Å². The van der Waals surface area contributed by atoms with Crippen LogP contribution in [0.2, 0.25) is 5.02 Å². The van der Waals surface area contributed by atoms with E-state index in [1.807, 2.05) is 6.07 Å². The molecule has 1 N–H and O–H groups in total. The number of hydrogen-bond acceptors (Lipinski definition) is 2. The molecule has 0 radical (unpaired) electrons. The molecule has 0 aliphatic rings. The standard InChI is InChI=1S/C12H15ClO2S/c1-3-8(2)7-16-9-4-5-10(12(14)15)11(13)6-9/h4-6,8H,3,7H2,1-2H3,(H,14,15). The Morgan fingerprint density at radius 2 is 2.25 bits per heavy atom. The zero-order chi connectivity index (χ0) is 12.1. The third-order valence-electron chi connectivity index (χ3n) is 2.40. The Kier molecular flexibility index (Phi) is 5.16. The Morgan fingerprint density at radius 1 is 1.56 bits per heavy atom. The highest BCUT2D eigenvalue weighted by atomic mass is 35.5. The van der Waals surface area contributed by atoms with Crippen molar-refractivity contribution in [2.75, 3.05) is 5.75 Å². The fraction of sp³-hybridized carbons (Fsp3) is 0.417. The summed E-state index contributed by atoms with van der Waals surface area (Å²) in [6.07, 6.45) is 1.15. The van der Waals surface area contributed by atoms with Gasteiger partial charge in [0.15, 0.2) is 0 Å². The van der Waals surface area contributed by atoms with Crippen molar-refractivity contribution in [1.82, 2.24) is 0 Å². The molecule has 0 amide bonds. The molecular weight excluding hydrogens is 244 g/mol. The summed E-state index contributed by atoms with van der Waals surface area (Å²) >= 11 is 7.59. The number of hydrogen-bond donors (Lipinski definition) is 1. The molecule has 0 saturated carbocycles. The summed E-state index contributed by atoms with van der Waals surface area (Å²) < 4.78 is 0. The van der Waals surface area contributed by atoms with Gasteiger partial charge in [-0.25, -0.2) is 4.79 Å². The first-order valence-corrected chi connectivity index (χ1v) is 6.56. The monoisotopic (exact) mass is 258 g/mol. The molecule has 4 heteroatoms. The fourth-order valence-corrected chi connectivity index (χ4v) is 2.52. The number of aromatic carboxylic acids is 1. The summed E-state index contributed by atoms with van der Waals surface area (Å²) in [4.78, 5) is 11.8. The number of carbonyl (C=O) groups is 1. The minimum atomic E-state index is -0.983. The van der Waals surface area contributed by atoms with Crippen molar-refractivity contribution in [3.05, 3.63) is 28.8 Å². The van der Waals surface area contributed by atoms with E-state index in [2.05, 4.69) is 13.8 Å². The minimum Gasteiger partial charge on any atom is -0.478 e. The molecule has 2 nitrogen and oxygen atoms in total. The van der Waals surface area contributed by atoms with Crippen molar-refractivity contribution >= 4 is 29.3 Å². The number of thioether (sulfide) groups is 1. The third-order valence-corrected chi connectivity index (χ3v) is 4.04. The first kappa shape index (κ1) is 13.4. The molecule has 16 heavy (non-hydrogen) atoms. The highest BCUT2D eigenvalue weighted by Gasteiger charge is 2.09. The van der Waals surface area contributed by atoms with Crippen LogP contribution in [0.4, 0.5) is 0 Å². The first-order chi connectivity index (χ1) is 7.54. The Bertz CT molecular complexity index is 379. The van der Waals surface area contributed by atoms with E-state index >= 15 is 0 Å².